The van der Waals surface area contributed by atoms with Crippen LogP contribution < -0.4 is 5.73 Å². The van der Waals surface area contributed by atoms with Crippen molar-refractivity contribution in [1.82, 2.24) is 0 Å². The zero-order valence-electron chi connectivity index (χ0n) is 8.09. The smallest absolute Gasteiger partial charge is 0.321 e. The summed E-state index contributed by atoms with van der Waals surface area (Å²) in [6.07, 6.45) is -3.29. The molecule has 0 aliphatic heterocycles. The first-order valence-electron chi connectivity index (χ1n) is 4.11. The summed E-state index contributed by atoms with van der Waals surface area (Å²) in [6, 6.07) is 1.44. The van der Waals surface area contributed by atoms with E-state index in [1.165, 1.54) is 6.08 Å². The van der Waals surface area contributed by atoms with Crippen LogP contribution in [-0.4, -0.2) is 0 Å². The van der Waals surface area contributed by atoms with Gasteiger partial charge in [0.1, 0.15) is 5.82 Å². The Balaban J connectivity index is 0.00000225. The lowest BCUT2D eigenvalue weighted by atomic mass is 10.0. The third kappa shape index (κ3) is 3.21. The van der Waals surface area contributed by atoms with E-state index in [0.29, 0.717) is 6.07 Å². The van der Waals surface area contributed by atoms with Gasteiger partial charge in [-0.05, 0) is 12.1 Å². The van der Waals surface area contributed by atoms with Crippen molar-refractivity contribution in [2.24, 2.45) is 5.73 Å². The maximum atomic E-state index is 13.2. The summed E-state index contributed by atoms with van der Waals surface area (Å²) < 4.78 is 49.7. The zero-order chi connectivity index (χ0) is 11.6. The van der Waals surface area contributed by atoms with Gasteiger partial charge in [0, 0.05) is 5.56 Å². The van der Waals surface area contributed by atoms with E-state index in [1.807, 2.05) is 0 Å². The lowest BCUT2D eigenvalue weighted by Crippen LogP contribution is -2.11. The average molecular weight is 256 g/mol. The van der Waals surface area contributed by atoms with Gasteiger partial charge in [0.25, 0.3) is 0 Å². The van der Waals surface area contributed by atoms with Crippen LogP contribution in [0.15, 0.2) is 30.9 Å². The summed E-state index contributed by atoms with van der Waals surface area (Å²) in [4.78, 5) is 0. The van der Waals surface area contributed by atoms with E-state index in [9.17, 15) is 17.6 Å². The van der Waals surface area contributed by atoms with Crippen LogP contribution >= 0.6 is 12.4 Å². The van der Waals surface area contributed by atoms with E-state index in [4.69, 9.17) is 5.73 Å². The Morgan fingerprint density at radius 2 is 1.88 bits per heavy atom. The summed E-state index contributed by atoms with van der Waals surface area (Å²) in [7, 11) is 0. The summed E-state index contributed by atoms with van der Waals surface area (Å²) in [5, 5.41) is 0. The number of hydrogen-bond acceptors (Lipinski definition) is 1. The van der Waals surface area contributed by atoms with E-state index >= 15 is 0 Å². The standard InChI is InChI=1S/C10H9F4N.ClH/c1-2-9(15)7-4-3-6(5-8(7)11)10(12,13)14;/h2-5,9H,1,15H2;1H/t9-;/m1./s1. The third-order valence-electron chi connectivity index (χ3n) is 1.94. The van der Waals surface area contributed by atoms with Crippen molar-refractivity contribution in [3.05, 3.63) is 47.8 Å². The van der Waals surface area contributed by atoms with Crippen molar-refractivity contribution in [1.29, 1.82) is 0 Å². The van der Waals surface area contributed by atoms with Gasteiger partial charge in [-0.1, -0.05) is 12.1 Å². The van der Waals surface area contributed by atoms with Gasteiger partial charge in [-0.3, -0.25) is 0 Å². The van der Waals surface area contributed by atoms with Crippen molar-refractivity contribution in [3.8, 4) is 0 Å². The molecule has 1 rings (SSSR count). The second-order valence-electron chi connectivity index (χ2n) is 3.00. The third-order valence-corrected chi connectivity index (χ3v) is 1.94. The van der Waals surface area contributed by atoms with Crippen LogP contribution in [0.25, 0.3) is 0 Å². The molecule has 1 aromatic carbocycles. The summed E-state index contributed by atoms with van der Waals surface area (Å²) in [5.74, 6) is -0.975. The molecule has 1 nitrogen and oxygen atoms in total. The molecule has 0 heterocycles. The minimum atomic E-state index is -4.54. The van der Waals surface area contributed by atoms with E-state index in [-0.39, 0.29) is 18.0 Å². The Morgan fingerprint density at radius 3 is 2.25 bits per heavy atom. The highest BCUT2D eigenvalue weighted by molar-refractivity contribution is 5.85. The van der Waals surface area contributed by atoms with Gasteiger partial charge >= 0.3 is 6.18 Å². The Labute approximate surface area is 96.4 Å². The van der Waals surface area contributed by atoms with Crippen LogP contribution in [0.1, 0.15) is 17.2 Å². The Hall–Kier alpha value is -1.07. The van der Waals surface area contributed by atoms with Crippen molar-refractivity contribution >= 4 is 12.4 Å². The summed E-state index contributed by atoms with van der Waals surface area (Å²) in [5.41, 5.74) is 4.39. The normalized spacial score (nSPS) is 12.8. The maximum absolute atomic E-state index is 13.2. The van der Waals surface area contributed by atoms with Crippen LogP contribution in [0, 0.1) is 5.82 Å². The maximum Gasteiger partial charge on any atom is 0.416 e. The molecule has 0 spiro atoms. The molecule has 0 aliphatic carbocycles. The average Bonchev–Trinajstić information content (AvgIpc) is 2.15. The SMILES string of the molecule is C=C[C@@H](N)c1ccc(C(F)(F)F)cc1F.Cl. The van der Waals surface area contributed by atoms with Gasteiger partial charge in [0.05, 0.1) is 11.6 Å². The minimum Gasteiger partial charge on any atom is -0.321 e. The first-order valence-corrected chi connectivity index (χ1v) is 4.11. The molecule has 0 unspecified atom stereocenters. The molecule has 6 heteroatoms. The fourth-order valence-electron chi connectivity index (χ4n) is 1.10. The number of halogens is 5. The van der Waals surface area contributed by atoms with Crippen molar-refractivity contribution in [2.45, 2.75) is 12.2 Å². The van der Waals surface area contributed by atoms with Gasteiger partial charge in [0.15, 0.2) is 0 Å². The lowest BCUT2D eigenvalue weighted by Gasteiger charge is -2.11. The molecule has 0 aliphatic rings. The summed E-state index contributed by atoms with van der Waals surface area (Å²) >= 11 is 0. The van der Waals surface area contributed by atoms with E-state index < -0.39 is 23.6 Å². The van der Waals surface area contributed by atoms with Gasteiger partial charge < -0.3 is 5.73 Å². The second-order valence-corrected chi connectivity index (χ2v) is 3.00. The van der Waals surface area contributed by atoms with Crippen molar-refractivity contribution in [2.75, 3.05) is 0 Å². The van der Waals surface area contributed by atoms with Crippen LogP contribution in [0.2, 0.25) is 0 Å². The molecular weight excluding hydrogens is 246 g/mol. The minimum absolute atomic E-state index is 0. The van der Waals surface area contributed by atoms with Gasteiger partial charge in [-0.15, -0.1) is 19.0 Å². The monoisotopic (exact) mass is 255 g/mol. The Bertz CT molecular complexity index is 376. The van der Waals surface area contributed by atoms with E-state index in [2.05, 4.69) is 6.58 Å². The van der Waals surface area contributed by atoms with E-state index in [1.54, 1.807) is 0 Å². The van der Waals surface area contributed by atoms with Gasteiger partial charge in [-0.2, -0.15) is 13.2 Å². The Kier molecular flexibility index (Phi) is 4.96. The fraction of sp³-hybridized carbons (Fsp3) is 0.200. The highest BCUT2D eigenvalue weighted by atomic mass is 35.5. The lowest BCUT2D eigenvalue weighted by molar-refractivity contribution is -0.137. The first kappa shape index (κ1) is 14.9. The van der Waals surface area contributed by atoms with E-state index in [0.717, 1.165) is 12.1 Å². The predicted molar refractivity (Wildman–Crippen MR) is 55.8 cm³/mol. The molecular formula is C10H10ClF4N. The van der Waals surface area contributed by atoms with Gasteiger partial charge in [0.2, 0.25) is 0 Å². The molecule has 0 saturated heterocycles. The van der Waals surface area contributed by atoms with Crippen LogP contribution in [-0.2, 0) is 6.18 Å². The molecule has 0 fully saturated rings. The Morgan fingerprint density at radius 1 is 1.31 bits per heavy atom. The molecule has 2 N–H and O–H groups in total. The largest absolute Gasteiger partial charge is 0.416 e. The predicted octanol–water partition coefficient (Wildman–Crippen LogP) is 3.45. The van der Waals surface area contributed by atoms with Crippen LogP contribution in [0.4, 0.5) is 17.6 Å². The molecule has 1 aromatic rings. The zero-order valence-corrected chi connectivity index (χ0v) is 8.91. The van der Waals surface area contributed by atoms with Gasteiger partial charge in [-0.25, -0.2) is 4.39 Å². The molecule has 0 radical (unpaired) electrons. The number of alkyl halides is 3. The summed E-state index contributed by atoms with van der Waals surface area (Å²) in [6.45, 7) is 3.34. The number of hydrogen-bond donors (Lipinski definition) is 1. The number of rotatable bonds is 2. The second kappa shape index (κ2) is 5.32. The van der Waals surface area contributed by atoms with Crippen LogP contribution in [0.3, 0.4) is 0 Å². The molecule has 16 heavy (non-hydrogen) atoms. The molecule has 0 bridgehead atoms. The highest BCUT2D eigenvalue weighted by Gasteiger charge is 2.31. The number of nitrogens with two attached hydrogens (primary N) is 1. The molecule has 90 valence electrons. The highest BCUT2D eigenvalue weighted by Crippen LogP contribution is 2.31. The topological polar surface area (TPSA) is 26.0 Å². The number of benzene rings is 1. The first-order chi connectivity index (χ1) is 6.86. The quantitative estimate of drug-likeness (QED) is 0.636. The molecule has 0 saturated carbocycles. The fourth-order valence-corrected chi connectivity index (χ4v) is 1.10. The van der Waals surface area contributed by atoms with Crippen molar-refractivity contribution in [3.63, 3.8) is 0 Å². The van der Waals surface area contributed by atoms with Crippen LogP contribution in [0.5, 0.6) is 0 Å². The molecule has 0 aromatic heterocycles. The van der Waals surface area contributed by atoms with Crippen molar-refractivity contribution < 1.29 is 17.6 Å². The molecule has 1 atom stereocenters. The molecule has 0 amide bonds.